The molecule has 5 heteroatoms. The van der Waals surface area contributed by atoms with Crippen molar-refractivity contribution < 1.29 is 24.9 Å². The minimum atomic E-state index is -0.833. The average molecular weight is 280 g/mol. The Balaban J connectivity index is -0.0000000916. The minimum Gasteiger partial charge on any atom is -0.481 e. The third-order valence-electron chi connectivity index (χ3n) is 1.73. The van der Waals surface area contributed by atoms with Gasteiger partial charge in [-0.3, -0.25) is 9.59 Å². The van der Waals surface area contributed by atoms with Crippen molar-refractivity contribution in [3.8, 4) is 0 Å². The number of carbonyl (C=O) groups is 2. The van der Waals surface area contributed by atoms with Crippen LogP contribution in [0.4, 0.5) is 0 Å². The molecule has 0 rings (SSSR count). The number of esters is 1. The summed E-state index contributed by atoms with van der Waals surface area (Å²) < 4.78 is 4.40. The molecular formula is C14H32O5. The molecule has 0 aliphatic rings. The van der Waals surface area contributed by atoms with Gasteiger partial charge in [-0.25, -0.2) is 0 Å². The van der Waals surface area contributed by atoms with Gasteiger partial charge in [-0.2, -0.15) is 0 Å². The zero-order valence-corrected chi connectivity index (χ0v) is 13.3. The van der Waals surface area contributed by atoms with E-state index in [1.165, 1.54) is 32.6 Å². The normalized spacial score (nSPS) is 8.16. The van der Waals surface area contributed by atoms with Crippen molar-refractivity contribution >= 4 is 11.9 Å². The highest BCUT2D eigenvalue weighted by Gasteiger charge is 1.90. The third-order valence-corrected chi connectivity index (χ3v) is 1.73. The van der Waals surface area contributed by atoms with Crippen LogP contribution in [0.25, 0.3) is 0 Å². The zero-order valence-electron chi connectivity index (χ0n) is 13.3. The molecule has 0 spiro atoms. The molecule has 0 saturated carbocycles. The van der Waals surface area contributed by atoms with Crippen LogP contribution in [0.15, 0.2) is 0 Å². The molecule has 0 atom stereocenters. The summed E-state index contributed by atoms with van der Waals surface area (Å²) in [6.07, 6.45) is 5.60. The summed E-state index contributed by atoms with van der Waals surface area (Å²) in [5.74, 6) is -0.140. The molecule has 0 saturated heterocycles. The molecule has 0 aromatic rings. The van der Waals surface area contributed by atoms with E-state index < -0.39 is 5.97 Å². The molecule has 19 heavy (non-hydrogen) atoms. The van der Waals surface area contributed by atoms with Crippen LogP contribution in [0.5, 0.6) is 0 Å². The van der Waals surface area contributed by atoms with Crippen molar-refractivity contribution in [3.05, 3.63) is 0 Å². The third kappa shape index (κ3) is 78.8. The lowest BCUT2D eigenvalue weighted by atomic mass is 10.1. The molecule has 118 valence electrons. The van der Waals surface area contributed by atoms with Gasteiger partial charge in [0, 0.05) is 13.8 Å². The first-order chi connectivity index (χ1) is 8.27. The SMILES string of the molecule is CC(=O)O.CCCCCC(C)C.CCOC(C)=O.O. The average Bonchev–Trinajstić information content (AvgIpc) is 2.17. The number of aliphatic carboxylic acids is 1. The second-order valence-corrected chi connectivity index (χ2v) is 4.33. The number of hydrogen-bond donors (Lipinski definition) is 1. The smallest absolute Gasteiger partial charge is 0.302 e. The van der Waals surface area contributed by atoms with Gasteiger partial charge in [0.2, 0.25) is 0 Å². The molecular weight excluding hydrogens is 248 g/mol. The number of carboxylic acid groups (broad SMARTS) is 1. The van der Waals surface area contributed by atoms with E-state index in [2.05, 4.69) is 25.5 Å². The molecule has 0 radical (unpaired) electrons. The highest BCUT2D eigenvalue weighted by atomic mass is 16.5. The molecule has 0 heterocycles. The molecule has 0 bridgehead atoms. The maximum atomic E-state index is 9.82. The van der Waals surface area contributed by atoms with E-state index in [1.54, 1.807) is 6.92 Å². The fraction of sp³-hybridized carbons (Fsp3) is 0.857. The summed E-state index contributed by atoms with van der Waals surface area (Å²) in [7, 11) is 0. The summed E-state index contributed by atoms with van der Waals surface area (Å²) in [6.45, 7) is 11.6. The van der Waals surface area contributed by atoms with E-state index in [9.17, 15) is 4.79 Å². The largest absolute Gasteiger partial charge is 0.481 e. The van der Waals surface area contributed by atoms with Crippen molar-refractivity contribution in [1.82, 2.24) is 0 Å². The van der Waals surface area contributed by atoms with Crippen LogP contribution < -0.4 is 0 Å². The number of hydrogen-bond acceptors (Lipinski definition) is 3. The minimum absolute atomic E-state index is 0. The van der Waals surface area contributed by atoms with Gasteiger partial charge >= 0.3 is 5.97 Å². The van der Waals surface area contributed by atoms with Crippen molar-refractivity contribution in [2.24, 2.45) is 5.92 Å². The predicted molar refractivity (Wildman–Crippen MR) is 78.2 cm³/mol. The van der Waals surface area contributed by atoms with Crippen molar-refractivity contribution in [2.45, 2.75) is 67.2 Å². The Hall–Kier alpha value is -1.10. The summed E-state index contributed by atoms with van der Waals surface area (Å²) in [5.41, 5.74) is 0. The first-order valence-corrected chi connectivity index (χ1v) is 6.60. The summed E-state index contributed by atoms with van der Waals surface area (Å²) in [4.78, 5) is 18.8. The van der Waals surface area contributed by atoms with Gasteiger partial charge in [0.1, 0.15) is 0 Å². The van der Waals surface area contributed by atoms with E-state index in [4.69, 9.17) is 9.90 Å². The second kappa shape index (κ2) is 22.1. The Morgan fingerprint density at radius 2 is 1.53 bits per heavy atom. The fourth-order valence-corrected chi connectivity index (χ4v) is 1.01. The van der Waals surface area contributed by atoms with Gasteiger partial charge in [0.15, 0.2) is 0 Å². The predicted octanol–water partition coefficient (Wildman–Crippen LogP) is 3.06. The summed E-state index contributed by atoms with van der Waals surface area (Å²) >= 11 is 0. The standard InChI is InChI=1S/C8H18.C4H8O2.C2H4O2.H2O/c1-4-5-6-7-8(2)3;1-3-6-4(2)5;1-2(3)4;/h8H,4-7H2,1-3H3;3H2,1-2H3;1H3,(H,3,4);1H2. The number of carboxylic acids is 1. The monoisotopic (exact) mass is 280 g/mol. The van der Waals surface area contributed by atoms with Gasteiger partial charge in [-0.15, -0.1) is 0 Å². The number of rotatable bonds is 5. The van der Waals surface area contributed by atoms with E-state index in [0.717, 1.165) is 12.8 Å². The lowest BCUT2D eigenvalue weighted by Gasteiger charge is -2.00. The molecule has 0 aromatic carbocycles. The zero-order chi connectivity index (χ0) is 15.0. The van der Waals surface area contributed by atoms with Crippen LogP contribution >= 0.6 is 0 Å². The Kier molecular flexibility index (Phi) is 30.8. The topological polar surface area (TPSA) is 95.1 Å². The number of unbranched alkanes of at least 4 members (excludes halogenated alkanes) is 2. The summed E-state index contributed by atoms with van der Waals surface area (Å²) in [5, 5.41) is 7.42. The Bertz CT molecular complexity index is 186. The Labute approximate surface area is 117 Å². The van der Waals surface area contributed by atoms with Crippen LogP contribution in [0.3, 0.4) is 0 Å². The van der Waals surface area contributed by atoms with E-state index in [-0.39, 0.29) is 11.4 Å². The molecule has 0 unspecified atom stereocenters. The van der Waals surface area contributed by atoms with Crippen LogP contribution in [0.2, 0.25) is 0 Å². The lowest BCUT2D eigenvalue weighted by molar-refractivity contribution is -0.140. The maximum Gasteiger partial charge on any atom is 0.302 e. The molecule has 5 nitrogen and oxygen atoms in total. The van der Waals surface area contributed by atoms with E-state index in [1.807, 2.05) is 0 Å². The Morgan fingerprint density at radius 3 is 1.68 bits per heavy atom. The lowest BCUT2D eigenvalue weighted by Crippen LogP contribution is -1.95. The second-order valence-electron chi connectivity index (χ2n) is 4.33. The first-order valence-electron chi connectivity index (χ1n) is 6.60. The van der Waals surface area contributed by atoms with Crippen molar-refractivity contribution in [3.63, 3.8) is 0 Å². The fourth-order valence-electron chi connectivity index (χ4n) is 1.01. The highest BCUT2D eigenvalue weighted by Crippen LogP contribution is 2.06. The van der Waals surface area contributed by atoms with Gasteiger partial charge in [0.05, 0.1) is 6.61 Å². The molecule has 3 N–H and O–H groups in total. The van der Waals surface area contributed by atoms with E-state index in [0.29, 0.717) is 6.61 Å². The number of ether oxygens (including phenoxy) is 1. The molecule has 0 amide bonds. The highest BCUT2D eigenvalue weighted by molar-refractivity contribution is 5.65. The van der Waals surface area contributed by atoms with Gasteiger partial charge in [0.25, 0.3) is 5.97 Å². The van der Waals surface area contributed by atoms with Crippen LogP contribution in [0.1, 0.15) is 67.2 Å². The van der Waals surface area contributed by atoms with Crippen molar-refractivity contribution in [1.29, 1.82) is 0 Å². The molecule has 0 aromatic heterocycles. The van der Waals surface area contributed by atoms with Gasteiger partial charge in [-0.1, -0.05) is 46.5 Å². The maximum absolute atomic E-state index is 9.82. The molecule has 0 aliphatic carbocycles. The first kappa shape index (κ1) is 26.5. The van der Waals surface area contributed by atoms with Crippen LogP contribution in [-0.4, -0.2) is 29.1 Å². The molecule has 0 fully saturated rings. The van der Waals surface area contributed by atoms with E-state index >= 15 is 0 Å². The van der Waals surface area contributed by atoms with Gasteiger partial charge < -0.3 is 15.3 Å². The van der Waals surface area contributed by atoms with Gasteiger partial charge in [-0.05, 0) is 12.8 Å². The van der Waals surface area contributed by atoms with Crippen molar-refractivity contribution in [2.75, 3.05) is 6.61 Å². The van der Waals surface area contributed by atoms with Crippen LogP contribution in [-0.2, 0) is 14.3 Å². The quantitative estimate of drug-likeness (QED) is 0.618. The van der Waals surface area contributed by atoms with Crippen LogP contribution in [0, 0.1) is 5.92 Å². The molecule has 0 aliphatic heterocycles. The Morgan fingerprint density at radius 1 is 1.11 bits per heavy atom. The summed E-state index contributed by atoms with van der Waals surface area (Å²) in [6, 6.07) is 0. The number of carbonyl (C=O) groups excluding carboxylic acids is 1.